The molecule has 4 heteroatoms. The number of amidine groups is 1. The molecular formula is C7H9N3S. The highest BCUT2D eigenvalue weighted by Gasteiger charge is 2.15. The maximum Gasteiger partial charge on any atom is 0.165 e. The van der Waals surface area contributed by atoms with E-state index in [1.807, 2.05) is 13.0 Å². The van der Waals surface area contributed by atoms with Crippen LogP contribution in [0.25, 0.3) is 0 Å². The topological polar surface area (TPSA) is 50.7 Å². The molecule has 1 rings (SSSR count). The first kappa shape index (κ1) is 8.07. The third-order valence-corrected chi connectivity index (χ3v) is 1.94. The van der Waals surface area contributed by atoms with Crippen LogP contribution >= 0.6 is 11.8 Å². The largest absolute Gasteiger partial charge is 0.378 e. The maximum atomic E-state index is 5.48. The predicted octanol–water partition coefficient (Wildman–Crippen LogP) is 1.49. The van der Waals surface area contributed by atoms with E-state index in [1.165, 1.54) is 18.0 Å². The van der Waals surface area contributed by atoms with Gasteiger partial charge in [-0.2, -0.15) is 0 Å². The van der Waals surface area contributed by atoms with Gasteiger partial charge in [-0.15, -0.1) is 0 Å². The van der Waals surface area contributed by atoms with Crippen LogP contribution in [0.3, 0.4) is 0 Å². The van der Waals surface area contributed by atoms with Crippen LogP contribution in [-0.4, -0.2) is 10.2 Å². The molecule has 0 bridgehead atoms. The summed E-state index contributed by atoms with van der Waals surface area (Å²) in [5, 5.41) is 1.36. The molecule has 0 atom stereocenters. The normalized spacial score (nSPS) is 24.3. The monoisotopic (exact) mass is 167 g/mol. The SMILES string of the molecule is C=CN=C1SC(N)=N/C1=C/C. The zero-order valence-corrected chi connectivity index (χ0v) is 7.06. The Morgan fingerprint density at radius 3 is 3.00 bits per heavy atom. The lowest BCUT2D eigenvalue weighted by Crippen LogP contribution is -2.02. The zero-order valence-electron chi connectivity index (χ0n) is 6.24. The predicted molar refractivity (Wildman–Crippen MR) is 50.6 cm³/mol. The van der Waals surface area contributed by atoms with Crippen molar-refractivity contribution in [1.82, 2.24) is 0 Å². The number of hydrogen-bond acceptors (Lipinski definition) is 4. The van der Waals surface area contributed by atoms with E-state index in [9.17, 15) is 0 Å². The van der Waals surface area contributed by atoms with Gasteiger partial charge in [0.2, 0.25) is 0 Å². The lowest BCUT2D eigenvalue weighted by molar-refractivity contribution is 1.43. The number of nitrogens with two attached hydrogens (primary N) is 1. The molecule has 0 aromatic carbocycles. The summed E-state index contributed by atoms with van der Waals surface area (Å²) in [7, 11) is 0. The number of rotatable bonds is 1. The molecule has 0 radical (unpaired) electrons. The number of hydrogen-bond donors (Lipinski definition) is 1. The average Bonchev–Trinajstić information content (AvgIpc) is 2.32. The summed E-state index contributed by atoms with van der Waals surface area (Å²) in [6.45, 7) is 5.40. The third-order valence-electron chi connectivity index (χ3n) is 1.13. The summed E-state index contributed by atoms with van der Waals surface area (Å²) in [5.41, 5.74) is 6.30. The molecular weight excluding hydrogens is 158 g/mol. The lowest BCUT2D eigenvalue weighted by Gasteiger charge is -1.90. The summed E-state index contributed by atoms with van der Waals surface area (Å²) in [6.07, 6.45) is 3.36. The van der Waals surface area contributed by atoms with Crippen molar-refractivity contribution < 1.29 is 0 Å². The van der Waals surface area contributed by atoms with Crippen molar-refractivity contribution in [2.24, 2.45) is 15.7 Å². The van der Waals surface area contributed by atoms with Crippen molar-refractivity contribution in [3.05, 3.63) is 24.6 Å². The molecule has 0 spiro atoms. The highest BCUT2D eigenvalue weighted by Crippen LogP contribution is 2.22. The molecule has 0 amide bonds. The first-order chi connectivity index (χ1) is 5.27. The van der Waals surface area contributed by atoms with Crippen LogP contribution in [0.5, 0.6) is 0 Å². The average molecular weight is 167 g/mol. The van der Waals surface area contributed by atoms with Crippen molar-refractivity contribution in [2.75, 3.05) is 0 Å². The van der Waals surface area contributed by atoms with Gasteiger partial charge in [-0.3, -0.25) is 0 Å². The van der Waals surface area contributed by atoms with Crippen molar-refractivity contribution in [2.45, 2.75) is 6.92 Å². The number of nitrogens with zero attached hydrogens (tertiary/aromatic N) is 2. The molecule has 0 saturated heterocycles. The van der Waals surface area contributed by atoms with Gasteiger partial charge in [0.1, 0.15) is 5.04 Å². The molecule has 3 nitrogen and oxygen atoms in total. The molecule has 1 heterocycles. The van der Waals surface area contributed by atoms with Crippen LogP contribution in [0, 0.1) is 0 Å². The molecule has 0 aliphatic carbocycles. The Labute approximate surface area is 69.8 Å². The summed E-state index contributed by atoms with van der Waals surface area (Å²) in [6, 6.07) is 0. The van der Waals surface area contributed by atoms with E-state index >= 15 is 0 Å². The van der Waals surface area contributed by atoms with Gasteiger partial charge in [0.05, 0.1) is 5.70 Å². The van der Waals surface area contributed by atoms with Crippen LogP contribution in [0.1, 0.15) is 6.92 Å². The zero-order chi connectivity index (χ0) is 8.27. The molecule has 0 aromatic rings. The van der Waals surface area contributed by atoms with Crippen LogP contribution in [-0.2, 0) is 0 Å². The number of allylic oxidation sites excluding steroid dienone is 1. The van der Waals surface area contributed by atoms with Gasteiger partial charge in [0.25, 0.3) is 0 Å². The summed E-state index contributed by atoms with van der Waals surface area (Å²) in [5.74, 6) is 0. The van der Waals surface area contributed by atoms with Crippen molar-refractivity contribution in [3.63, 3.8) is 0 Å². The van der Waals surface area contributed by atoms with Crippen LogP contribution < -0.4 is 5.73 Å². The lowest BCUT2D eigenvalue weighted by atomic mass is 10.4. The van der Waals surface area contributed by atoms with Crippen LogP contribution in [0.4, 0.5) is 0 Å². The summed E-state index contributed by atoms with van der Waals surface area (Å²) in [4.78, 5) is 8.05. The van der Waals surface area contributed by atoms with Crippen LogP contribution in [0.15, 0.2) is 34.5 Å². The van der Waals surface area contributed by atoms with E-state index in [1.54, 1.807) is 0 Å². The van der Waals surface area contributed by atoms with E-state index in [2.05, 4.69) is 16.6 Å². The van der Waals surface area contributed by atoms with E-state index in [4.69, 9.17) is 5.73 Å². The molecule has 11 heavy (non-hydrogen) atoms. The molecule has 2 N–H and O–H groups in total. The quantitative estimate of drug-likeness (QED) is 0.643. The van der Waals surface area contributed by atoms with Gasteiger partial charge < -0.3 is 5.73 Å². The Morgan fingerprint density at radius 2 is 2.45 bits per heavy atom. The fourth-order valence-electron chi connectivity index (χ4n) is 0.704. The van der Waals surface area contributed by atoms with E-state index < -0.39 is 0 Å². The van der Waals surface area contributed by atoms with E-state index in [0.29, 0.717) is 5.17 Å². The molecule has 0 saturated carbocycles. The Bertz CT molecular complexity index is 263. The summed E-state index contributed by atoms with van der Waals surface area (Å²) < 4.78 is 0. The minimum absolute atomic E-state index is 0.540. The second-order valence-electron chi connectivity index (χ2n) is 1.84. The van der Waals surface area contributed by atoms with Crippen molar-refractivity contribution >= 4 is 22.0 Å². The van der Waals surface area contributed by atoms with Crippen LogP contribution in [0.2, 0.25) is 0 Å². The molecule has 58 valence electrons. The molecule has 0 aromatic heterocycles. The molecule has 0 fully saturated rings. The van der Waals surface area contributed by atoms with E-state index in [0.717, 1.165) is 10.7 Å². The minimum Gasteiger partial charge on any atom is -0.378 e. The Balaban J connectivity index is 2.92. The van der Waals surface area contributed by atoms with Gasteiger partial charge >= 0.3 is 0 Å². The van der Waals surface area contributed by atoms with Gasteiger partial charge in [-0.1, -0.05) is 12.7 Å². The van der Waals surface area contributed by atoms with Gasteiger partial charge in [0.15, 0.2) is 5.17 Å². The maximum absolute atomic E-state index is 5.48. The first-order valence-corrected chi connectivity index (χ1v) is 3.97. The summed E-state index contributed by atoms with van der Waals surface area (Å²) >= 11 is 1.36. The van der Waals surface area contributed by atoms with Crippen molar-refractivity contribution in [3.8, 4) is 0 Å². The number of thioether (sulfide) groups is 1. The first-order valence-electron chi connectivity index (χ1n) is 3.15. The van der Waals surface area contributed by atoms with E-state index in [-0.39, 0.29) is 0 Å². The van der Waals surface area contributed by atoms with Gasteiger partial charge in [0, 0.05) is 6.20 Å². The smallest absolute Gasteiger partial charge is 0.165 e. The Kier molecular flexibility index (Phi) is 2.48. The highest BCUT2D eigenvalue weighted by molar-refractivity contribution is 8.27. The molecule has 1 aliphatic heterocycles. The highest BCUT2D eigenvalue weighted by atomic mass is 32.2. The Hall–Kier alpha value is -1.03. The minimum atomic E-state index is 0.540. The van der Waals surface area contributed by atoms with Gasteiger partial charge in [-0.25, -0.2) is 9.98 Å². The second kappa shape index (κ2) is 3.39. The van der Waals surface area contributed by atoms with Crippen molar-refractivity contribution in [1.29, 1.82) is 0 Å². The molecule has 0 unspecified atom stereocenters. The fraction of sp³-hybridized carbons (Fsp3) is 0.143. The Morgan fingerprint density at radius 1 is 1.73 bits per heavy atom. The molecule has 1 aliphatic rings. The third kappa shape index (κ3) is 1.71. The van der Waals surface area contributed by atoms with Gasteiger partial charge in [-0.05, 0) is 18.7 Å². The standard InChI is InChI=1S/C7H9N3S/c1-3-5-6(9-4-2)11-7(8)10-5/h3-4H,2H2,1H3,(H2,8,10)/b5-3+,9-6?. The number of aliphatic imine (C=N–C) groups is 2. The second-order valence-corrected chi connectivity index (χ2v) is 2.85. The fourth-order valence-corrected chi connectivity index (χ4v) is 1.44.